The standard InChI is InChI=1S/C9H3BrClF2N/c10-5-3-7(12)9(8(13)4-5)6(11)1-2-14/h1,3-4H/b6-1-. The number of allylic oxidation sites excluding steroid dienone is 1. The van der Waals surface area contributed by atoms with Crippen molar-refractivity contribution >= 4 is 32.6 Å². The van der Waals surface area contributed by atoms with Crippen molar-refractivity contribution in [2.75, 3.05) is 0 Å². The molecule has 5 heteroatoms. The number of nitriles is 1. The molecule has 0 saturated heterocycles. The van der Waals surface area contributed by atoms with Crippen LogP contribution in [0.4, 0.5) is 8.78 Å². The van der Waals surface area contributed by atoms with Gasteiger partial charge in [-0.2, -0.15) is 5.26 Å². The second-order valence-corrected chi connectivity index (χ2v) is 3.69. The monoisotopic (exact) mass is 277 g/mol. The van der Waals surface area contributed by atoms with E-state index in [0.717, 1.165) is 18.2 Å². The second-order valence-electron chi connectivity index (χ2n) is 2.37. The van der Waals surface area contributed by atoms with Crippen LogP contribution in [0.2, 0.25) is 0 Å². The van der Waals surface area contributed by atoms with Crippen molar-refractivity contribution < 1.29 is 8.78 Å². The minimum Gasteiger partial charge on any atom is -0.206 e. The van der Waals surface area contributed by atoms with Gasteiger partial charge in [0, 0.05) is 10.5 Å². The van der Waals surface area contributed by atoms with E-state index in [1.165, 1.54) is 0 Å². The summed E-state index contributed by atoms with van der Waals surface area (Å²) >= 11 is 8.44. The Morgan fingerprint density at radius 3 is 2.36 bits per heavy atom. The Morgan fingerprint density at radius 1 is 1.43 bits per heavy atom. The smallest absolute Gasteiger partial charge is 0.136 e. The van der Waals surface area contributed by atoms with Gasteiger partial charge in [0.2, 0.25) is 0 Å². The Bertz CT molecular complexity index is 414. The van der Waals surface area contributed by atoms with E-state index in [-0.39, 0.29) is 9.51 Å². The summed E-state index contributed by atoms with van der Waals surface area (Å²) in [5, 5.41) is 8.01. The summed E-state index contributed by atoms with van der Waals surface area (Å²) in [6.45, 7) is 0. The van der Waals surface area contributed by atoms with Crippen LogP contribution in [-0.2, 0) is 0 Å². The minimum absolute atomic E-state index is 0.255. The molecule has 0 aliphatic heterocycles. The number of hydrogen-bond donors (Lipinski definition) is 0. The van der Waals surface area contributed by atoms with Crippen molar-refractivity contribution in [3.05, 3.63) is 39.9 Å². The summed E-state index contributed by atoms with van der Waals surface area (Å²) in [6, 6.07) is 3.75. The summed E-state index contributed by atoms with van der Waals surface area (Å²) in [6.07, 6.45) is 0.872. The van der Waals surface area contributed by atoms with Crippen LogP contribution in [0.25, 0.3) is 5.03 Å². The minimum atomic E-state index is -0.812. The molecule has 0 aromatic heterocycles. The third kappa shape index (κ3) is 2.31. The predicted molar refractivity (Wildman–Crippen MR) is 53.5 cm³/mol. The first-order valence-corrected chi connectivity index (χ1v) is 4.63. The van der Waals surface area contributed by atoms with Crippen molar-refractivity contribution in [3.63, 3.8) is 0 Å². The lowest BCUT2D eigenvalue weighted by molar-refractivity contribution is 0.576. The fourth-order valence-electron chi connectivity index (χ4n) is 0.899. The fourth-order valence-corrected chi connectivity index (χ4v) is 1.53. The topological polar surface area (TPSA) is 23.8 Å². The van der Waals surface area contributed by atoms with Gasteiger partial charge in [0.05, 0.1) is 16.7 Å². The summed E-state index contributed by atoms with van der Waals surface area (Å²) in [5.74, 6) is -1.62. The highest BCUT2D eigenvalue weighted by atomic mass is 79.9. The number of nitrogens with zero attached hydrogens (tertiary/aromatic N) is 1. The lowest BCUT2D eigenvalue weighted by atomic mass is 10.2. The lowest BCUT2D eigenvalue weighted by Gasteiger charge is -2.02. The van der Waals surface area contributed by atoms with E-state index in [0.29, 0.717) is 0 Å². The third-order valence-electron chi connectivity index (χ3n) is 1.44. The van der Waals surface area contributed by atoms with E-state index in [2.05, 4.69) is 15.9 Å². The van der Waals surface area contributed by atoms with E-state index >= 15 is 0 Å². The molecule has 0 aliphatic carbocycles. The SMILES string of the molecule is N#C/C=C(\Cl)c1c(F)cc(Br)cc1F. The average molecular weight is 278 g/mol. The Kier molecular flexibility index (Phi) is 3.62. The number of benzene rings is 1. The van der Waals surface area contributed by atoms with E-state index in [1.807, 2.05) is 0 Å². The highest BCUT2D eigenvalue weighted by Gasteiger charge is 2.13. The number of hydrogen-bond acceptors (Lipinski definition) is 1. The fraction of sp³-hybridized carbons (Fsp3) is 0. The van der Waals surface area contributed by atoms with Crippen LogP contribution in [0.15, 0.2) is 22.7 Å². The molecule has 0 heterocycles. The Labute approximate surface area is 92.7 Å². The van der Waals surface area contributed by atoms with E-state index in [1.54, 1.807) is 6.07 Å². The van der Waals surface area contributed by atoms with Crippen LogP contribution in [0.1, 0.15) is 5.56 Å². The number of rotatable bonds is 1. The van der Waals surface area contributed by atoms with Gasteiger partial charge in [-0.25, -0.2) is 8.78 Å². The predicted octanol–water partition coefficient (Wildman–Crippen LogP) is 3.83. The van der Waals surface area contributed by atoms with Gasteiger partial charge < -0.3 is 0 Å². The molecule has 0 fully saturated rings. The van der Waals surface area contributed by atoms with E-state index < -0.39 is 17.2 Å². The Morgan fingerprint density at radius 2 is 1.93 bits per heavy atom. The maximum atomic E-state index is 13.2. The van der Waals surface area contributed by atoms with Crippen molar-refractivity contribution in [1.29, 1.82) is 5.26 Å². The molecule has 0 saturated carbocycles. The molecule has 0 N–H and O–H groups in total. The highest BCUT2D eigenvalue weighted by Crippen LogP contribution is 2.27. The molecular formula is C9H3BrClF2N. The molecule has 0 unspecified atom stereocenters. The molecule has 0 aliphatic rings. The zero-order valence-corrected chi connectivity index (χ0v) is 9.03. The summed E-state index contributed by atoms with van der Waals surface area (Å²) in [5.41, 5.74) is -0.392. The van der Waals surface area contributed by atoms with Gasteiger partial charge in [-0.1, -0.05) is 27.5 Å². The van der Waals surface area contributed by atoms with Gasteiger partial charge in [-0.05, 0) is 12.1 Å². The normalized spacial score (nSPS) is 11.2. The molecule has 0 amide bonds. The van der Waals surface area contributed by atoms with Gasteiger partial charge >= 0.3 is 0 Å². The molecule has 1 rings (SSSR count). The molecule has 14 heavy (non-hydrogen) atoms. The molecule has 1 aromatic carbocycles. The van der Waals surface area contributed by atoms with Crippen LogP contribution in [0, 0.1) is 23.0 Å². The highest BCUT2D eigenvalue weighted by molar-refractivity contribution is 9.10. The van der Waals surface area contributed by atoms with Gasteiger partial charge in [0.1, 0.15) is 11.6 Å². The molecule has 0 radical (unpaired) electrons. The summed E-state index contributed by atoms with van der Waals surface area (Å²) in [4.78, 5) is 0. The first-order chi connectivity index (χ1) is 6.56. The zero-order chi connectivity index (χ0) is 10.7. The first-order valence-electron chi connectivity index (χ1n) is 3.46. The molecule has 0 atom stereocenters. The van der Waals surface area contributed by atoms with Crippen LogP contribution >= 0.6 is 27.5 Å². The zero-order valence-electron chi connectivity index (χ0n) is 6.69. The van der Waals surface area contributed by atoms with Crippen LogP contribution in [0.3, 0.4) is 0 Å². The van der Waals surface area contributed by atoms with Crippen LogP contribution < -0.4 is 0 Å². The molecule has 0 bridgehead atoms. The van der Waals surface area contributed by atoms with Crippen molar-refractivity contribution in [3.8, 4) is 6.07 Å². The van der Waals surface area contributed by atoms with Gasteiger partial charge in [0.25, 0.3) is 0 Å². The maximum Gasteiger partial charge on any atom is 0.136 e. The van der Waals surface area contributed by atoms with Crippen LogP contribution in [-0.4, -0.2) is 0 Å². The van der Waals surface area contributed by atoms with Crippen molar-refractivity contribution in [2.24, 2.45) is 0 Å². The van der Waals surface area contributed by atoms with Crippen molar-refractivity contribution in [2.45, 2.75) is 0 Å². The van der Waals surface area contributed by atoms with E-state index in [4.69, 9.17) is 16.9 Å². The Hall–Kier alpha value is -0.920. The maximum absolute atomic E-state index is 13.2. The second kappa shape index (κ2) is 4.54. The number of halogens is 4. The first kappa shape index (κ1) is 11.2. The molecule has 1 aromatic rings. The molecular weight excluding hydrogens is 275 g/mol. The average Bonchev–Trinajstić information content (AvgIpc) is 2.01. The summed E-state index contributed by atoms with van der Waals surface area (Å²) < 4.78 is 26.6. The van der Waals surface area contributed by atoms with Crippen molar-refractivity contribution in [1.82, 2.24) is 0 Å². The van der Waals surface area contributed by atoms with Crippen LogP contribution in [0.5, 0.6) is 0 Å². The quantitative estimate of drug-likeness (QED) is 0.716. The molecule has 72 valence electrons. The van der Waals surface area contributed by atoms with E-state index in [9.17, 15) is 8.78 Å². The van der Waals surface area contributed by atoms with Gasteiger partial charge in [0.15, 0.2) is 0 Å². The molecule has 0 spiro atoms. The summed E-state index contributed by atoms with van der Waals surface area (Å²) in [7, 11) is 0. The van der Waals surface area contributed by atoms with Gasteiger partial charge in [-0.15, -0.1) is 0 Å². The lowest BCUT2D eigenvalue weighted by Crippen LogP contribution is -1.91. The third-order valence-corrected chi connectivity index (χ3v) is 2.19. The van der Waals surface area contributed by atoms with Gasteiger partial charge in [-0.3, -0.25) is 0 Å². The Balaban J connectivity index is 3.37. The largest absolute Gasteiger partial charge is 0.206 e. The molecule has 1 nitrogen and oxygen atoms in total.